The van der Waals surface area contributed by atoms with Crippen molar-refractivity contribution in [3.8, 4) is 5.75 Å². The highest BCUT2D eigenvalue weighted by molar-refractivity contribution is 6.04. The summed E-state index contributed by atoms with van der Waals surface area (Å²) < 4.78 is 5.71. The van der Waals surface area contributed by atoms with Crippen LogP contribution in [0.1, 0.15) is 24.0 Å². The van der Waals surface area contributed by atoms with E-state index in [-0.39, 0.29) is 18.2 Å². The lowest BCUT2D eigenvalue weighted by molar-refractivity contribution is -0.130. The molecule has 0 bridgehead atoms. The summed E-state index contributed by atoms with van der Waals surface area (Å²) >= 11 is 0. The van der Waals surface area contributed by atoms with Gasteiger partial charge in [0.2, 0.25) is 5.91 Å². The highest BCUT2D eigenvalue weighted by Gasteiger charge is 2.29. The van der Waals surface area contributed by atoms with Crippen molar-refractivity contribution in [3.05, 3.63) is 29.3 Å². The molecule has 2 N–H and O–H groups in total. The molecule has 1 aromatic carbocycles. The van der Waals surface area contributed by atoms with Gasteiger partial charge < -0.3 is 15.0 Å². The predicted molar refractivity (Wildman–Crippen MR) is 88.7 cm³/mol. The van der Waals surface area contributed by atoms with E-state index in [4.69, 9.17) is 4.74 Å². The number of urea groups is 1. The lowest BCUT2D eigenvalue weighted by Crippen LogP contribution is -2.34. The van der Waals surface area contributed by atoms with Gasteiger partial charge in [0.15, 0.2) is 0 Å². The summed E-state index contributed by atoms with van der Waals surface area (Å²) in [5.74, 6) is 0.341. The van der Waals surface area contributed by atoms with Crippen LogP contribution in [0.4, 0.5) is 4.79 Å². The summed E-state index contributed by atoms with van der Waals surface area (Å²) in [6, 6.07) is 4.82. The second-order valence-corrected chi connectivity index (χ2v) is 5.99. The Bertz CT molecular complexity index is 645. The van der Waals surface area contributed by atoms with Crippen molar-refractivity contribution in [1.29, 1.82) is 0 Å². The maximum atomic E-state index is 12.1. The monoisotopic (exact) mass is 333 g/mol. The van der Waals surface area contributed by atoms with Crippen LogP contribution in [-0.4, -0.2) is 49.0 Å². The number of ether oxygens (including phenoxy) is 1. The fraction of sp³-hybridized carbons (Fsp3) is 0.471. The third kappa shape index (κ3) is 4.71. The van der Waals surface area contributed by atoms with Gasteiger partial charge in [-0.15, -0.1) is 0 Å². The van der Waals surface area contributed by atoms with Gasteiger partial charge >= 0.3 is 6.03 Å². The Labute approximate surface area is 141 Å². The number of aryl methyl sites for hydroxylation is 2. The SMILES string of the molecule is Cc1ccc(OCCN(C)C(=O)CC[C@H]2NC(=O)NC2=O)c(C)c1. The van der Waals surface area contributed by atoms with Crippen LogP contribution >= 0.6 is 0 Å². The first-order valence-corrected chi connectivity index (χ1v) is 7.92. The number of amides is 4. The topological polar surface area (TPSA) is 87.7 Å². The van der Waals surface area contributed by atoms with E-state index in [9.17, 15) is 14.4 Å². The summed E-state index contributed by atoms with van der Waals surface area (Å²) in [6.07, 6.45) is 0.483. The Morgan fingerprint density at radius 1 is 1.29 bits per heavy atom. The van der Waals surface area contributed by atoms with Crippen LogP contribution in [0.3, 0.4) is 0 Å². The molecule has 0 radical (unpaired) electrons. The molecule has 0 aliphatic carbocycles. The van der Waals surface area contributed by atoms with Gasteiger partial charge in [-0.2, -0.15) is 0 Å². The Morgan fingerprint density at radius 3 is 2.67 bits per heavy atom. The highest BCUT2D eigenvalue weighted by atomic mass is 16.5. The number of carbonyl (C=O) groups is 3. The highest BCUT2D eigenvalue weighted by Crippen LogP contribution is 2.18. The van der Waals surface area contributed by atoms with Crippen molar-refractivity contribution < 1.29 is 19.1 Å². The Kier molecular flexibility index (Phi) is 5.78. The first kappa shape index (κ1) is 17.8. The Balaban J connectivity index is 1.71. The number of hydrogen-bond acceptors (Lipinski definition) is 4. The zero-order chi connectivity index (χ0) is 17.7. The predicted octanol–water partition coefficient (Wildman–Crippen LogP) is 1.13. The van der Waals surface area contributed by atoms with Gasteiger partial charge in [0.05, 0.1) is 6.54 Å². The number of benzene rings is 1. The van der Waals surface area contributed by atoms with Gasteiger partial charge in [-0.05, 0) is 31.9 Å². The molecule has 1 heterocycles. The van der Waals surface area contributed by atoms with Gasteiger partial charge in [0, 0.05) is 13.5 Å². The summed E-state index contributed by atoms with van der Waals surface area (Å²) in [5.41, 5.74) is 2.24. The molecule has 0 spiro atoms. The van der Waals surface area contributed by atoms with Crippen molar-refractivity contribution in [2.75, 3.05) is 20.2 Å². The van der Waals surface area contributed by atoms with Crippen LogP contribution in [0.15, 0.2) is 18.2 Å². The van der Waals surface area contributed by atoms with Gasteiger partial charge in [0.25, 0.3) is 5.91 Å². The summed E-state index contributed by atoms with van der Waals surface area (Å²) in [6.45, 7) is 4.86. The average Bonchev–Trinajstić information content (AvgIpc) is 2.84. The van der Waals surface area contributed by atoms with Crippen LogP contribution in [0.2, 0.25) is 0 Å². The minimum Gasteiger partial charge on any atom is -0.491 e. The van der Waals surface area contributed by atoms with Crippen molar-refractivity contribution in [3.63, 3.8) is 0 Å². The van der Waals surface area contributed by atoms with Crippen molar-refractivity contribution in [2.45, 2.75) is 32.7 Å². The third-order valence-corrected chi connectivity index (χ3v) is 3.95. The number of nitrogens with zero attached hydrogens (tertiary/aromatic N) is 1. The molecule has 7 heteroatoms. The molecule has 2 rings (SSSR count). The molecular weight excluding hydrogens is 310 g/mol. The van der Waals surface area contributed by atoms with E-state index in [0.717, 1.165) is 11.3 Å². The van der Waals surface area contributed by atoms with Gasteiger partial charge in [-0.25, -0.2) is 4.79 Å². The molecule has 1 fully saturated rings. The maximum Gasteiger partial charge on any atom is 0.322 e. The first-order chi connectivity index (χ1) is 11.4. The average molecular weight is 333 g/mol. The lowest BCUT2D eigenvalue weighted by atomic mass is 10.1. The smallest absolute Gasteiger partial charge is 0.322 e. The fourth-order valence-corrected chi connectivity index (χ4v) is 2.50. The number of imide groups is 1. The van der Waals surface area contributed by atoms with Gasteiger partial charge in [-0.1, -0.05) is 17.7 Å². The van der Waals surface area contributed by atoms with E-state index in [1.165, 1.54) is 5.56 Å². The zero-order valence-corrected chi connectivity index (χ0v) is 14.2. The lowest BCUT2D eigenvalue weighted by Gasteiger charge is -2.18. The molecule has 1 aliphatic heterocycles. The molecule has 24 heavy (non-hydrogen) atoms. The minimum absolute atomic E-state index is 0.0897. The molecule has 1 atom stereocenters. The van der Waals surface area contributed by atoms with Crippen LogP contribution in [0.25, 0.3) is 0 Å². The van der Waals surface area contributed by atoms with Crippen LogP contribution < -0.4 is 15.4 Å². The summed E-state index contributed by atoms with van der Waals surface area (Å²) in [7, 11) is 1.70. The normalized spacial score (nSPS) is 16.5. The van der Waals surface area contributed by atoms with Crippen molar-refractivity contribution >= 4 is 17.8 Å². The second-order valence-electron chi connectivity index (χ2n) is 5.99. The molecule has 0 saturated carbocycles. The molecule has 0 unspecified atom stereocenters. The van der Waals surface area contributed by atoms with Crippen molar-refractivity contribution in [2.24, 2.45) is 0 Å². The fourth-order valence-electron chi connectivity index (χ4n) is 2.50. The van der Waals surface area contributed by atoms with E-state index in [1.807, 2.05) is 32.0 Å². The maximum absolute atomic E-state index is 12.1. The van der Waals surface area contributed by atoms with E-state index in [0.29, 0.717) is 19.6 Å². The first-order valence-electron chi connectivity index (χ1n) is 7.92. The molecule has 130 valence electrons. The number of likely N-dealkylation sites (N-methyl/N-ethyl adjacent to an activating group) is 1. The summed E-state index contributed by atoms with van der Waals surface area (Å²) in [5, 5.41) is 4.63. The third-order valence-electron chi connectivity index (χ3n) is 3.95. The van der Waals surface area contributed by atoms with E-state index in [2.05, 4.69) is 10.6 Å². The molecule has 0 aromatic heterocycles. The molecular formula is C17H23N3O4. The van der Waals surface area contributed by atoms with Crippen LogP contribution in [0, 0.1) is 13.8 Å². The molecule has 1 aliphatic rings. The van der Waals surface area contributed by atoms with Crippen molar-refractivity contribution in [1.82, 2.24) is 15.5 Å². The molecule has 7 nitrogen and oxygen atoms in total. The Morgan fingerprint density at radius 2 is 2.04 bits per heavy atom. The molecule has 1 aromatic rings. The number of rotatable bonds is 7. The Hall–Kier alpha value is -2.57. The second kappa shape index (κ2) is 7.81. The standard InChI is InChI=1S/C17H23N3O4/c1-11-4-6-14(12(2)10-11)24-9-8-20(3)15(21)7-5-13-16(22)19-17(23)18-13/h4,6,10,13H,5,7-9H2,1-3H3,(H2,18,19,22,23)/t13-/m1/s1. The number of carbonyl (C=O) groups excluding carboxylic acids is 3. The number of hydrogen-bond donors (Lipinski definition) is 2. The van der Waals surface area contributed by atoms with Crippen LogP contribution in [-0.2, 0) is 9.59 Å². The molecule has 4 amide bonds. The molecule has 1 saturated heterocycles. The number of nitrogens with one attached hydrogen (secondary N) is 2. The minimum atomic E-state index is -0.624. The quantitative estimate of drug-likeness (QED) is 0.732. The van der Waals surface area contributed by atoms with E-state index in [1.54, 1.807) is 11.9 Å². The van der Waals surface area contributed by atoms with E-state index < -0.39 is 12.1 Å². The zero-order valence-electron chi connectivity index (χ0n) is 14.2. The largest absolute Gasteiger partial charge is 0.491 e. The van der Waals surface area contributed by atoms with Gasteiger partial charge in [0.1, 0.15) is 18.4 Å². The van der Waals surface area contributed by atoms with Crippen LogP contribution in [0.5, 0.6) is 5.75 Å². The van der Waals surface area contributed by atoms with Gasteiger partial charge in [-0.3, -0.25) is 14.9 Å². The summed E-state index contributed by atoms with van der Waals surface area (Å²) in [4.78, 5) is 36.1. The van der Waals surface area contributed by atoms with E-state index >= 15 is 0 Å².